The van der Waals surface area contributed by atoms with E-state index in [1.165, 1.54) is 35.3 Å². The molecule has 12 heteroatoms. The van der Waals surface area contributed by atoms with Crippen LogP contribution in [0.15, 0.2) is 79.1 Å². The summed E-state index contributed by atoms with van der Waals surface area (Å²) in [6.45, 7) is -0.153. The molecule has 0 saturated heterocycles. The Morgan fingerprint density at radius 2 is 1.65 bits per heavy atom. The molecule has 1 atom stereocenters. The second kappa shape index (κ2) is 11.3. The minimum atomic E-state index is -4.75. The molecule has 4 rings (SSSR count). The zero-order chi connectivity index (χ0) is 26.4. The molecule has 0 spiro atoms. The minimum Gasteiger partial charge on any atom is -0.497 e. The number of nitrogens with zero attached hydrogens (tertiary/aromatic N) is 3. The summed E-state index contributed by atoms with van der Waals surface area (Å²) in [7, 11) is 1.58. The van der Waals surface area contributed by atoms with Gasteiger partial charge >= 0.3 is 6.36 Å². The number of ether oxygens (including phenoxy) is 2. The first-order chi connectivity index (χ1) is 17.7. The van der Waals surface area contributed by atoms with E-state index in [2.05, 4.69) is 25.5 Å². The van der Waals surface area contributed by atoms with E-state index in [4.69, 9.17) is 17.0 Å². The standard InChI is InChI=1S/C25H22F3N5O3S/c1-35-20-10-4-16(5-11-20)22(14-34)31-24(37)30-18-6-2-17(3-7-18)23-29-15-33(32-23)19-8-12-21(13-9-19)36-25(26,27)28/h2-13,15,22,34H,14H2,1H3,(H2,30,31,37). The number of hydrogen-bond acceptors (Lipinski definition) is 6. The lowest BCUT2D eigenvalue weighted by Crippen LogP contribution is -2.34. The highest BCUT2D eigenvalue weighted by atomic mass is 32.1. The molecule has 0 aliphatic heterocycles. The lowest BCUT2D eigenvalue weighted by molar-refractivity contribution is -0.274. The molecule has 4 aromatic rings. The van der Waals surface area contributed by atoms with Crippen LogP contribution in [0.3, 0.4) is 0 Å². The van der Waals surface area contributed by atoms with E-state index in [1.54, 1.807) is 31.4 Å². The number of rotatable bonds is 8. The zero-order valence-corrected chi connectivity index (χ0v) is 20.3. The minimum absolute atomic E-state index is 0.153. The van der Waals surface area contributed by atoms with Crippen LogP contribution in [0.5, 0.6) is 11.5 Å². The van der Waals surface area contributed by atoms with Gasteiger partial charge < -0.3 is 25.2 Å². The normalized spacial score (nSPS) is 12.0. The first-order valence-corrected chi connectivity index (χ1v) is 11.4. The molecule has 37 heavy (non-hydrogen) atoms. The van der Waals surface area contributed by atoms with Gasteiger partial charge in [0.25, 0.3) is 0 Å². The average Bonchev–Trinajstić information content (AvgIpc) is 3.38. The van der Waals surface area contributed by atoms with Crippen LogP contribution in [0.25, 0.3) is 17.1 Å². The number of aliphatic hydroxyl groups excluding tert-OH is 1. The van der Waals surface area contributed by atoms with Gasteiger partial charge in [-0.3, -0.25) is 0 Å². The molecule has 3 N–H and O–H groups in total. The Balaban J connectivity index is 1.37. The fourth-order valence-electron chi connectivity index (χ4n) is 3.42. The molecule has 8 nitrogen and oxygen atoms in total. The lowest BCUT2D eigenvalue weighted by Gasteiger charge is -2.19. The highest BCUT2D eigenvalue weighted by Gasteiger charge is 2.31. The van der Waals surface area contributed by atoms with Gasteiger partial charge in [-0.25, -0.2) is 9.67 Å². The van der Waals surface area contributed by atoms with Crippen molar-refractivity contribution in [2.24, 2.45) is 0 Å². The molecule has 3 aromatic carbocycles. The number of aromatic nitrogens is 3. The molecule has 192 valence electrons. The zero-order valence-electron chi connectivity index (χ0n) is 19.4. The van der Waals surface area contributed by atoms with Gasteiger partial charge in [0.05, 0.1) is 25.4 Å². The summed E-state index contributed by atoms with van der Waals surface area (Å²) in [5.74, 6) is 0.832. The van der Waals surface area contributed by atoms with Crippen molar-refractivity contribution in [3.05, 3.63) is 84.7 Å². The quantitative estimate of drug-likeness (QED) is 0.279. The summed E-state index contributed by atoms with van der Waals surface area (Å²) < 4.78 is 47.5. The lowest BCUT2D eigenvalue weighted by atomic mass is 10.1. The number of halogens is 3. The fourth-order valence-corrected chi connectivity index (χ4v) is 3.68. The van der Waals surface area contributed by atoms with Crippen molar-refractivity contribution >= 4 is 23.0 Å². The van der Waals surface area contributed by atoms with Crippen molar-refractivity contribution in [3.8, 4) is 28.6 Å². The van der Waals surface area contributed by atoms with E-state index in [0.29, 0.717) is 28.1 Å². The van der Waals surface area contributed by atoms with Crippen molar-refractivity contribution in [1.29, 1.82) is 0 Å². The Hall–Kier alpha value is -4.16. The van der Waals surface area contributed by atoms with E-state index in [1.807, 2.05) is 24.3 Å². The molecule has 1 heterocycles. The van der Waals surface area contributed by atoms with Crippen LogP contribution in [-0.4, -0.2) is 45.1 Å². The number of hydrogen-bond donors (Lipinski definition) is 3. The fraction of sp³-hybridized carbons (Fsp3) is 0.160. The third kappa shape index (κ3) is 6.96. The third-order valence-corrected chi connectivity index (χ3v) is 5.45. The van der Waals surface area contributed by atoms with Gasteiger partial charge in [-0.1, -0.05) is 12.1 Å². The van der Waals surface area contributed by atoms with Crippen molar-refractivity contribution in [1.82, 2.24) is 20.1 Å². The highest BCUT2D eigenvalue weighted by molar-refractivity contribution is 7.80. The summed E-state index contributed by atoms with van der Waals surface area (Å²) in [5.41, 5.74) is 2.82. The maximum Gasteiger partial charge on any atom is 0.573 e. The summed E-state index contributed by atoms with van der Waals surface area (Å²) in [5, 5.41) is 20.7. The number of benzene rings is 3. The molecule has 0 saturated carbocycles. The molecule has 0 fully saturated rings. The Kier molecular flexibility index (Phi) is 7.89. The third-order valence-electron chi connectivity index (χ3n) is 5.23. The Labute approximate surface area is 215 Å². The van der Waals surface area contributed by atoms with Gasteiger partial charge in [-0.2, -0.15) is 0 Å². The van der Waals surface area contributed by atoms with Crippen LogP contribution in [0.4, 0.5) is 18.9 Å². The Morgan fingerprint density at radius 1 is 1.00 bits per heavy atom. The maximum absolute atomic E-state index is 12.3. The van der Waals surface area contributed by atoms with E-state index >= 15 is 0 Å². The van der Waals surface area contributed by atoms with E-state index in [0.717, 1.165) is 11.1 Å². The van der Waals surface area contributed by atoms with Gasteiger partial charge in [0, 0.05) is 11.3 Å². The predicted molar refractivity (Wildman–Crippen MR) is 136 cm³/mol. The van der Waals surface area contributed by atoms with Gasteiger partial charge in [0.1, 0.15) is 17.8 Å². The number of thiocarbonyl (C=S) groups is 1. The number of methoxy groups -OCH3 is 1. The molecule has 1 aromatic heterocycles. The van der Waals surface area contributed by atoms with Crippen LogP contribution in [-0.2, 0) is 0 Å². The number of alkyl halides is 3. The molecule has 0 radical (unpaired) electrons. The monoisotopic (exact) mass is 529 g/mol. The first-order valence-electron chi connectivity index (χ1n) is 10.9. The first kappa shape index (κ1) is 25.9. The van der Waals surface area contributed by atoms with Crippen LogP contribution in [0.1, 0.15) is 11.6 Å². The molecule has 0 aliphatic carbocycles. The average molecular weight is 530 g/mol. The largest absolute Gasteiger partial charge is 0.573 e. The molecule has 0 aliphatic rings. The van der Waals surface area contributed by atoms with Crippen molar-refractivity contribution in [2.45, 2.75) is 12.4 Å². The van der Waals surface area contributed by atoms with Gasteiger partial charge in [-0.05, 0) is 78.4 Å². The van der Waals surface area contributed by atoms with Gasteiger partial charge in [-0.15, -0.1) is 18.3 Å². The second-order valence-corrected chi connectivity index (χ2v) is 8.15. The Bertz CT molecular complexity index is 1330. The summed E-state index contributed by atoms with van der Waals surface area (Å²) in [6.07, 6.45) is -3.28. The summed E-state index contributed by atoms with van der Waals surface area (Å²) >= 11 is 5.39. The number of aliphatic hydroxyl groups is 1. The van der Waals surface area contributed by atoms with E-state index in [9.17, 15) is 18.3 Å². The smallest absolute Gasteiger partial charge is 0.497 e. The highest BCUT2D eigenvalue weighted by Crippen LogP contribution is 2.24. The van der Waals surface area contributed by atoms with Crippen LogP contribution in [0, 0.1) is 0 Å². The van der Waals surface area contributed by atoms with Gasteiger partial charge in [0.2, 0.25) is 0 Å². The molecular formula is C25H22F3N5O3S. The summed E-state index contributed by atoms with van der Waals surface area (Å²) in [4.78, 5) is 4.28. The maximum atomic E-state index is 12.3. The number of nitrogens with one attached hydrogen (secondary N) is 2. The van der Waals surface area contributed by atoms with Crippen molar-refractivity contribution in [3.63, 3.8) is 0 Å². The van der Waals surface area contributed by atoms with Crippen LogP contribution in [0.2, 0.25) is 0 Å². The Morgan fingerprint density at radius 3 is 2.24 bits per heavy atom. The molecular weight excluding hydrogens is 507 g/mol. The van der Waals surface area contributed by atoms with Crippen LogP contribution >= 0.6 is 12.2 Å². The van der Waals surface area contributed by atoms with E-state index < -0.39 is 12.4 Å². The molecule has 0 amide bonds. The number of anilines is 1. The van der Waals surface area contributed by atoms with Gasteiger partial charge in [0.15, 0.2) is 10.9 Å². The van der Waals surface area contributed by atoms with E-state index in [-0.39, 0.29) is 12.4 Å². The topological polar surface area (TPSA) is 93.5 Å². The summed E-state index contributed by atoms with van der Waals surface area (Å²) in [6, 6.07) is 19.4. The van der Waals surface area contributed by atoms with Crippen molar-refractivity contribution in [2.75, 3.05) is 19.0 Å². The SMILES string of the molecule is COc1ccc(C(CO)NC(=S)Nc2ccc(-c3ncn(-c4ccc(OC(F)(F)F)cc4)n3)cc2)cc1. The van der Waals surface area contributed by atoms with Crippen LogP contribution < -0.4 is 20.1 Å². The van der Waals surface area contributed by atoms with Crippen molar-refractivity contribution < 1.29 is 27.8 Å². The second-order valence-electron chi connectivity index (χ2n) is 7.74. The molecule has 1 unspecified atom stereocenters. The predicted octanol–water partition coefficient (Wildman–Crippen LogP) is 4.86. The molecule has 0 bridgehead atoms.